The van der Waals surface area contributed by atoms with E-state index in [-0.39, 0.29) is 10.9 Å². The summed E-state index contributed by atoms with van der Waals surface area (Å²) in [5.74, 6) is 1.06. The van der Waals surface area contributed by atoms with Gasteiger partial charge < -0.3 is 15.0 Å². The third-order valence-electron chi connectivity index (χ3n) is 2.53. The summed E-state index contributed by atoms with van der Waals surface area (Å²) in [6.45, 7) is 6.23. The Morgan fingerprint density at radius 2 is 2.12 bits per heavy atom. The molecule has 1 saturated heterocycles. The molecular weight excluding hydrogens is 242 g/mol. The van der Waals surface area contributed by atoms with Crippen molar-refractivity contribution < 1.29 is 4.74 Å². The summed E-state index contributed by atoms with van der Waals surface area (Å²) in [5.41, 5.74) is -0.197. The largest absolute Gasteiger partial charge is 0.372 e. The van der Waals surface area contributed by atoms with Gasteiger partial charge in [-0.2, -0.15) is 15.0 Å². The van der Waals surface area contributed by atoms with Crippen LogP contribution in [0.1, 0.15) is 13.8 Å². The zero-order valence-electron chi connectivity index (χ0n) is 10.2. The molecule has 1 aliphatic rings. The first-order valence-corrected chi connectivity index (χ1v) is 5.86. The predicted molar refractivity (Wildman–Crippen MR) is 66.6 cm³/mol. The molecule has 1 fully saturated rings. The Balaban J connectivity index is 2.24. The molecule has 0 atom stereocenters. The predicted octanol–water partition coefficient (Wildman–Crippen LogP) is 1.18. The lowest BCUT2D eigenvalue weighted by Gasteiger charge is -2.38. The van der Waals surface area contributed by atoms with Crippen LogP contribution in [-0.4, -0.2) is 47.3 Å². The van der Waals surface area contributed by atoms with E-state index in [1.165, 1.54) is 0 Å². The van der Waals surface area contributed by atoms with Crippen LogP contribution in [0.25, 0.3) is 0 Å². The van der Waals surface area contributed by atoms with Gasteiger partial charge in [-0.1, -0.05) is 0 Å². The third-order valence-corrected chi connectivity index (χ3v) is 2.70. The molecule has 0 amide bonds. The van der Waals surface area contributed by atoms with Crippen LogP contribution in [0.5, 0.6) is 0 Å². The maximum atomic E-state index is 5.86. The van der Waals surface area contributed by atoms with Gasteiger partial charge in [0, 0.05) is 20.1 Å². The second-order valence-electron chi connectivity index (χ2n) is 4.51. The Morgan fingerprint density at radius 3 is 2.76 bits per heavy atom. The maximum absolute atomic E-state index is 5.86. The second kappa shape index (κ2) is 4.62. The fourth-order valence-electron chi connectivity index (χ4n) is 1.78. The van der Waals surface area contributed by atoms with Crippen molar-refractivity contribution >= 4 is 23.5 Å². The van der Waals surface area contributed by atoms with Crippen LogP contribution in [0.4, 0.5) is 11.9 Å². The number of morpholine rings is 1. The molecule has 0 radical (unpaired) electrons. The van der Waals surface area contributed by atoms with Crippen molar-refractivity contribution in [3.8, 4) is 0 Å². The van der Waals surface area contributed by atoms with Crippen molar-refractivity contribution in [3.63, 3.8) is 0 Å². The van der Waals surface area contributed by atoms with E-state index in [9.17, 15) is 0 Å². The molecule has 6 nitrogen and oxygen atoms in total. The Morgan fingerprint density at radius 1 is 1.35 bits per heavy atom. The van der Waals surface area contributed by atoms with Gasteiger partial charge in [0.05, 0.1) is 12.2 Å². The van der Waals surface area contributed by atoms with E-state index in [1.807, 2.05) is 13.8 Å². The van der Waals surface area contributed by atoms with Crippen molar-refractivity contribution in [2.75, 3.05) is 37.0 Å². The highest BCUT2D eigenvalue weighted by Crippen LogP contribution is 2.21. The van der Waals surface area contributed by atoms with Gasteiger partial charge in [0.1, 0.15) is 0 Å². The Hall–Kier alpha value is -1.14. The van der Waals surface area contributed by atoms with Crippen LogP contribution in [0.15, 0.2) is 0 Å². The van der Waals surface area contributed by atoms with Crippen molar-refractivity contribution in [2.24, 2.45) is 0 Å². The maximum Gasteiger partial charge on any atom is 0.231 e. The molecule has 0 unspecified atom stereocenters. The first-order chi connectivity index (χ1) is 8.00. The van der Waals surface area contributed by atoms with Gasteiger partial charge in [-0.25, -0.2) is 0 Å². The van der Waals surface area contributed by atoms with Crippen molar-refractivity contribution in [1.29, 1.82) is 0 Å². The number of aromatic nitrogens is 3. The average molecular weight is 258 g/mol. The van der Waals surface area contributed by atoms with Gasteiger partial charge in [-0.3, -0.25) is 0 Å². The molecule has 2 heterocycles. The zero-order valence-corrected chi connectivity index (χ0v) is 11.0. The molecule has 0 spiro atoms. The molecule has 2 rings (SSSR count). The van der Waals surface area contributed by atoms with Crippen molar-refractivity contribution in [1.82, 2.24) is 15.0 Å². The first kappa shape index (κ1) is 12.3. The van der Waals surface area contributed by atoms with E-state index in [2.05, 4.69) is 25.2 Å². The minimum atomic E-state index is -0.197. The normalized spacial score (nSPS) is 19.2. The fourth-order valence-corrected chi connectivity index (χ4v) is 1.94. The minimum Gasteiger partial charge on any atom is -0.372 e. The highest BCUT2D eigenvalue weighted by atomic mass is 35.5. The number of nitrogens with zero attached hydrogens (tertiary/aromatic N) is 4. The van der Waals surface area contributed by atoms with Gasteiger partial charge in [-0.05, 0) is 25.4 Å². The van der Waals surface area contributed by atoms with Crippen LogP contribution in [0, 0.1) is 0 Å². The SMILES string of the molecule is CNc1nc(Cl)nc(N2CCOC(C)(C)C2)n1. The van der Waals surface area contributed by atoms with E-state index in [0.29, 0.717) is 18.5 Å². The first-order valence-electron chi connectivity index (χ1n) is 5.48. The van der Waals surface area contributed by atoms with Crippen LogP contribution in [-0.2, 0) is 4.74 Å². The van der Waals surface area contributed by atoms with Gasteiger partial charge in [0.2, 0.25) is 17.2 Å². The average Bonchev–Trinajstić information content (AvgIpc) is 2.27. The number of halogens is 1. The molecule has 0 aliphatic carbocycles. The minimum absolute atomic E-state index is 0.197. The number of hydrogen-bond acceptors (Lipinski definition) is 6. The highest BCUT2D eigenvalue weighted by Gasteiger charge is 2.29. The molecule has 0 saturated carbocycles. The summed E-state index contributed by atoms with van der Waals surface area (Å²) in [6.07, 6.45) is 0. The Labute approximate surface area is 105 Å². The number of ether oxygens (including phenoxy) is 1. The van der Waals surface area contributed by atoms with Gasteiger partial charge in [-0.15, -0.1) is 0 Å². The molecule has 0 aromatic carbocycles. The van der Waals surface area contributed by atoms with E-state index in [0.717, 1.165) is 13.1 Å². The molecule has 0 bridgehead atoms. The number of rotatable bonds is 2. The molecule has 1 N–H and O–H groups in total. The Kier molecular flexibility index (Phi) is 3.35. The topological polar surface area (TPSA) is 63.2 Å². The third kappa shape index (κ3) is 2.95. The van der Waals surface area contributed by atoms with Crippen LogP contribution in [0.2, 0.25) is 5.28 Å². The van der Waals surface area contributed by atoms with E-state index < -0.39 is 0 Å². The van der Waals surface area contributed by atoms with Gasteiger partial charge in [0.25, 0.3) is 0 Å². The lowest BCUT2D eigenvalue weighted by atomic mass is 10.1. The van der Waals surface area contributed by atoms with E-state index >= 15 is 0 Å². The summed E-state index contributed by atoms with van der Waals surface area (Å²) in [4.78, 5) is 14.4. The molecular formula is C10H16ClN5O. The second-order valence-corrected chi connectivity index (χ2v) is 4.85. The zero-order chi connectivity index (χ0) is 12.5. The van der Waals surface area contributed by atoms with Crippen LogP contribution < -0.4 is 10.2 Å². The Bertz CT molecular complexity index is 412. The summed E-state index contributed by atoms with van der Waals surface area (Å²) < 4.78 is 5.64. The van der Waals surface area contributed by atoms with Crippen molar-refractivity contribution in [3.05, 3.63) is 5.28 Å². The summed E-state index contributed by atoms with van der Waals surface area (Å²) in [6, 6.07) is 0. The van der Waals surface area contributed by atoms with Gasteiger partial charge in [0.15, 0.2) is 0 Å². The molecule has 7 heteroatoms. The molecule has 1 aromatic heterocycles. The van der Waals surface area contributed by atoms with Crippen LogP contribution in [0.3, 0.4) is 0 Å². The van der Waals surface area contributed by atoms with Crippen LogP contribution >= 0.6 is 11.6 Å². The smallest absolute Gasteiger partial charge is 0.231 e. The summed E-state index contributed by atoms with van der Waals surface area (Å²) in [7, 11) is 1.75. The monoisotopic (exact) mass is 257 g/mol. The number of nitrogens with one attached hydrogen (secondary N) is 1. The lowest BCUT2D eigenvalue weighted by molar-refractivity contribution is -0.0281. The molecule has 94 valence electrons. The standard InChI is InChI=1S/C10H16ClN5O/c1-10(2)6-16(4-5-17-10)9-14-7(11)13-8(12-3)15-9/h4-6H2,1-3H3,(H,12,13,14,15). The van der Waals surface area contributed by atoms with E-state index in [1.54, 1.807) is 7.05 Å². The fraction of sp³-hybridized carbons (Fsp3) is 0.700. The lowest BCUT2D eigenvalue weighted by Crippen LogP contribution is -2.49. The number of hydrogen-bond donors (Lipinski definition) is 1. The van der Waals surface area contributed by atoms with Crippen molar-refractivity contribution in [2.45, 2.75) is 19.4 Å². The van der Waals surface area contributed by atoms with Gasteiger partial charge >= 0.3 is 0 Å². The quantitative estimate of drug-likeness (QED) is 0.859. The summed E-state index contributed by atoms with van der Waals surface area (Å²) >= 11 is 5.86. The molecule has 17 heavy (non-hydrogen) atoms. The summed E-state index contributed by atoms with van der Waals surface area (Å²) in [5, 5.41) is 3.06. The highest BCUT2D eigenvalue weighted by molar-refractivity contribution is 6.28. The molecule has 1 aliphatic heterocycles. The van der Waals surface area contributed by atoms with E-state index in [4.69, 9.17) is 16.3 Å². The number of anilines is 2. The molecule has 1 aromatic rings.